The number of ether oxygens (including phenoxy) is 1. The van der Waals surface area contributed by atoms with Crippen LogP contribution < -0.4 is 5.32 Å². The van der Waals surface area contributed by atoms with Crippen molar-refractivity contribution in [1.29, 1.82) is 0 Å². The molecular weight excluding hydrogens is 224 g/mol. The van der Waals surface area contributed by atoms with Gasteiger partial charge in [-0.1, -0.05) is 6.92 Å². The molecule has 1 saturated carbocycles. The van der Waals surface area contributed by atoms with Crippen LogP contribution in [0.15, 0.2) is 0 Å². The molecule has 1 heterocycles. The molecule has 2 amide bonds. The number of carbonyl (C=O) groups is 2. The molecule has 17 heavy (non-hydrogen) atoms. The minimum Gasteiger partial charge on any atom is -0.481 e. The summed E-state index contributed by atoms with van der Waals surface area (Å²) in [5.41, 5.74) is -0.734. The molecule has 2 rings (SSSR count). The molecule has 6 nitrogen and oxygen atoms in total. The summed E-state index contributed by atoms with van der Waals surface area (Å²) < 4.78 is 5.15. The topological polar surface area (TPSA) is 78.9 Å². The second-order valence-electron chi connectivity index (χ2n) is 4.82. The van der Waals surface area contributed by atoms with Crippen molar-refractivity contribution in [2.45, 2.75) is 13.3 Å². The number of rotatable bonds is 3. The van der Waals surface area contributed by atoms with Crippen LogP contribution >= 0.6 is 0 Å². The first kappa shape index (κ1) is 12.2. The summed E-state index contributed by atoms with van der Waals surface area (Å²) in [5, 5.41) is 11.8. The first-order valence-corrected chi connectivity index (χ1v) is 5.90. The van der Waals surface area contributed by atoms with Crippen LogP contribution in [0, 0.1) is 11.3 Å². The monoisotopic (exact) mass is 242 g/mol. The number of nitrogens with zero attached hydrogens (tertiary/aromatic N) is 1. The van der Waals surface area contributed by atoms with E-state index in [4.69, 9.17) is 9.84 Å². The van der Waals surface area contributed by atoms with E-state index in [0.717, 1.165) is 0 Å². The van der Waals surface area contributed by atoms with Gasteiger partial charge < -0.3 is 20.1 Å². The SMILES string of the molecule is C[C@@H]1C[C@@]1(CNC(=O)N1CCOCC1)C(=O)O. The second-order valence-corrected chi connectivity index (χ2v) is 4.82. The Kier molecular flexibility index (Phi) is 3.24. The molecule has 2 fully saturated rings. The summed E-state index contributed by atoms with van der Waals surface area (Å²) in [7, 11) is 0. The predicted molar refractivity (Wildman–Crippen MR) is 59.6 cm³/mol. The number of hydrogen-bond acceptors (Lipinski definition) is 3. The summed E-state index contributed by atoms with van der Waals surface area (Å²) in [6, 6.07) is -0.187. The van der Waals surface area contributed by atoms with Crippen molar-refractivity contribution in [2.24, 2.45) is 11.3 Å². The van der Waals surface area contributed by atoms with E-state index in [1.165, 1.54) is 0 Å². The molecule has 0 aromatic heterocycles. The maximum absolute atomic E-state index is 11.8. The fourth-order valence-corrected chi connectivity index (χ4v) is 2.22. The van der Waals surface area contributed by atoms with Crippen molar-refractivity contribution in [1.82, 2.24) is 10.2 Å². The molecule has 0 bridgehead atoms. The van der Waals surface area contributed by atoms with Gasteiger partial charge in [-0.15, -0.1) is 0 Å². The Labute approximate surface area is 99.9 Å². The molecule has 1 saturated heterocycles. The largest absolute Gasteiger partial charge is 0.481 e. The van der Waals surface area contributed by atoms with Gasteiger partial charge in [0.15, 0.2) is 0 Å². The van der Waals surface area contributed by atoms with Gasteiger partial charge in [-0.25, -0.2) is 4.79 Å². The lowest BCUT2D eigenvalue weighted by Gasteiger charge is -2.27. The van der Waals surface area contributed by atoms with E-state index < -0.39 is 11.4 Å². The number of hydrogen-bond donors (Lipinski definition) is 2. The highest BCUT2D eigenvalue weighted by Crippen LogP contribution is 2.51. The highest BCUT2D eigenvalue weighted by molar-refractivity contribution is 5.81. The van der Waals surface area contributed by atoms with Gasteiger partial charge >= 0.3 is 12.0 Å². The maximum Gasteiger partial charge on any atom is 0.317 e. The van der Waals surface area contributed by atoms with Crippen LogP contribution in [0.1, 0.15) is 13.3 Å². The smallest absolute Gasteiger partial charge is 0.317 e. The van der Waals surface area contributed by atoms with Crippen LogP contribution in [0.4, 0.5) is 4.79 Å². The molecule has 0 radical (unpaired) electrons. The molecule has 1 aliphatic heterocycles. The predicted octanol–water partition coefficient (Wildman–Crippen LogP) is 0.139. The fourth-order valence-electron chi connectivity index (χ4n) is 2.22. The van der Waals surface area contributed by atoms with E-state index in [0.29, 0.717) is 32.7 Å². The van der Waals surface area contributed by atoms with E-state index in [1.54, 1.807) is 4.90 Å². The Balaban J connectivity index is 1.81. The molecule has 0 spiro atoms. The van der Waals surface area contributed by atoms with Crippen molar-refractivity contribution >= 4 is 12.0 Å². The van der Waals surface area contributed by atoms with E-state index in [-0.39, 0.29) is 18.5 Å². The number of morpholine rings is 1. The van der Waals surface area contributed by atoms with Crippen molar-refractivity contribution in [3.63, 3.8) is 0 Å². The van der Waals surface area contributed by atoms with E-state index in [2.05, 4.69) is 5.32 Å². The standard InChI is InChI=1S/C11H18N2O4/c1-8-6-11(8,9(14)15)7-12-10(16)13-2-4-17-5-3-13/h8H,2-7H2,1H3,(H,12,16)(H,14,15)/t8-,11+/m1/s1. The molecule has 0 unspecified atom stereocenters. The number of urea groups is 1. The Bertz CT molecular complexity index is 327. The third kappa shape index (κ3) is 2.36. The fraction of sp³-hybridized carbons (Fsp3) is 0.818. The minimum absolute atomic E-state index is 0.144. The molecule has 1 aliphatic carbocycles. The summed E-state index contributed by atoms with van der Waals surface area (Å²) in [6.45, 7) is 4.36. The van der Waals surface area contributed by atoms with Gasteiger partial charge in [-0.2, -0.15) is 0 Å². The van der Waals surface area contributed by atoms with Crippen LogP contribution in [0.3, 0.4) is 0 Å². The van der Waals surface area contributed by atoms with Gasteiger partial charge in [0.1, 0.15) is 0 Å². The number of carboxylic acid groups (broad SMARTS) is 1. The zero-order valence-electron chi connectivity index (χ0n) is 9.94. The number of aliphatic carboxylic acids is 1. The number of carbonyl (C=O) groups excluding carboxylic acids is 1. The molecule has 0 aromatic carbocycles. The zero-order chi connectivity index (χ0) is 12.5. The number of nitrogens with one attached hydrogen (secondary N) is 1. The van der Waals surface area contributed by atoms with Gasteiger partial charge in [0.05, 0.1) is 18.6 Å². The lowest BCUT2D eigenvalue weighted by atomic mass is 10.1. The van der Waals surface area contributed by atoms with E-state index in [1.807, 2.05) is 6.92 Å². The van der Waals surface area contributed by atoms with Crippen molar-refractivity contribution in [2.75, 3.05) is 32.8 Å². The first-order valence-electron chi connectivity index (χ1n) is 5.90. The highest BCUT2D eigenvalue weighted by atomic mass is 16.5. The average Bonchev–Trinajstić information content (AvgIpc) is 3.00. The highest BCUT2D eigenvalue weighted by Gasteiger charge is 2.57. The maximum atomic E-state index is 11.8. The van der Waals surface area contributed by atoms with Gasteiger partial charge in [-0.05, 0) is 12.3 Å². The Morgan fingerprint density at radius 3 is 2.53 bits per heavy atom. The molecule has 96 valence electrons. The number of carboxylic acids is 1. The third-order valence-electron chi connectivity index (χ3n) is 3.73. The summed E-state index contributed by atoms with van der Waals surface area (Å²) >= 11 is 0. The lowest BCUT2D eigenvalue weighted by molar-refractivity contribution is -0.143. The summed E-state index contributed by atoms with van der Waals surface area (Å²) in [4.78, 5) is 24.5. The third-order valence-corrected chi connectivity index (χ3v) is 3.73. The van der Waals surface area contributed by atoms with Crippen LogP contribution in [0.5, 0.6) is 0 Å². The molecule has 2 N–H and O–H groups in total. The van der Waals surface area contributed by atoms with E-state index >= 15 is 0 Å². The molecular formula is C11H18N2O4. The minimum atomic E-state index is -0.813. The van der Waals surface area contributed by atoms with Gasteiger partial charge in [-0.3, -0.25) is 4.79 Å². The average molecular weight is 242 g/mol. The van der Waals surface area contributed by atoms with Crippen molar-refractivity contribution in [3.05, 3.63) is 0 Å². The normalized spacial score (nSPS) is 32.1. The Morgan fingerprint density at radius 1 is 1.47 bits per heavy atom. The number of amides is 2. The van der Waals surface area contributed by atoms with Crippen LogP contribution in [-0.2, 0) is 9.53 Å². The molecule has 0 aromatic rings. The summed E-state index contributed by atoms with van der Waals surface area (Å²) in [6.07, 6.45) is 0.645. The van der Waals surface area contributed by atoms with Crippen LogP contribution in [0.2, 0.25) is 0 Å². The zero-order valence-corrected chi connectivity index (χ0v) is 9.94. The van der Waals surface area contributed by atoms with Crippen molar-refractivity contribution in [3.8, 4) is 0 Å². The first-order chi connectivity index (χ1) is 8.06. The van der Waals surface area contributed by atoms with Crippen LogP contribution in [0.25, 0.3) is 0 Å². The molecule has 2 atom stereocenters. The van der Waals surface area contributed by atoms with Gasteiger partial charge in [0, 0.05) is 19.6 Å². The van der Waals surface area contributed by atoms with Gasteiger partial charge in [0.2, 0.25) is 0 Å². The van der Waals surface area contributed by atoms with Crippen molar-refractivity contribution < 1.29 is 19.4 Å². The van der Waals surface area contributed by atoms with Gasteiger partial charge in [0.25, 0.3) is 0 Å². The summed E-state index contributed by atoms with van der Waals surface area (Å²) in [5.74, 6) is -0.669. The van der Waals surface area contributed by atoms with E-state index in [9.17, 15) is 9.59 Å². The quantitative estimate of drug-likeness (QED) is 0.737. The molecule has 2 aliphatic rings. The molecule has 6 heteroatoms. The lowest BCUT2D eigenvalue weighted by Crippen LogP contribution is -2.48. The van der Waals surface area contributed by atoms with Crippen LogP contribution in [-0.4, -0.2) is 54.9 Å². The Morgan fingerprint density at radius 2 is 2.06 bits per heavy atom. The second kappa shape index (κ2) is 4.52. The Hall–Kier alpha value is -1.30.